The van der Waals surface area contributed by atoms with Gasteiger partial charge in [0.2, 0.25) is 0 Å². The van der Waals surface area contributed by atoms with E-state index >= 15 is 0 Å². The van der Waals surface area contributed by atoms with Crippen LogP contribution in [0.2, 0.25) is 5.02 Å². The zero-order valence-electron chi connectivity index (χ0n) is 15.3. The lowest BCUT2D eigenvalue weighted by Gasteiger charge is -2.33. The molecule has 0 atom stereocenters. The van der Waals surface area contributed by atoms with E-state index in [4.69, 9.17) is 11.6 Å². The number of benzene rings is 1. The van der Waals surface area contributed by atoms with Crippen LogP contribution in [0.25, 0.3) is 10.9 Å². The highest BCUT2D eigenvalue weighted by Gasteiger charge is 2.24. The van der Waals surface area contributed by atoms with Crippen LogP contribution >= 0.6 is 11.6 Å². The van der Waals surface area contributed by atoms with E-state index in [1.165, 1.54) is 0 Å². The summed E-state index contributed by atoms with van der Waals surface area (Å²) in [4.78, 5) is 32.6. The number of hydrogen-bond acceptors (Lipinski definition) is 4. The van der Waals surface area contributed by atoms with Crippen LogP contribution in [0, 0.1) is 0 Å². The minimum absolute atomic E-state index is 0.307. The molecule has 0 bridgehead atoms. The summed E-state index contributed by atoms with van der Waals surface area (Å²) in [7, 11) is 0. The van der Waals surface area contributed by atoms with E-state index in [2.05, 4.69) is 34.0 Å². The van der Waals surface area contributed by atoms with Crippen LogP contribution < -0.4 is 16.6 Å². The molecule has 2 aromatic heterocycles. The molecule has 1 aliphatic rings. The molecule has 0 aliphatic carbocycles. The zero-order chi connectivity index (χ0) is 19.1. The zero-order valence-corrected chi connectivity index (χ0v) is 16.1. The first kappa shape index (κ1) is 17.9. The molecule has 0 fully saturated rings. The van der Waals surface area contributed by atoms with Gasteiger partial charge in [0, 0.05) is 41.3 Å². The summed E-state index contributed by atoms with van der Waals surface area (Å²) >= 11 is 6.12. The summed E-state index contributed by atoms with van der Waals surface area (Å²) in [6, 6.07) is 6.02. The minimum Gasteiger partial charge on any atom is -0.361 e. The summed E-state index contributed by atoms with van der Waals surface area (Å²) in [6.45, 7) is 5.76. The Kier molecular flexibility index (Phi) is 4.57. The Morgan fingerprint density at radius 2 is 2.07 bits per heavy atom. The SMILES string of the molecule is CC(C)N1CNc2c(c(=O)[nH]c(=O)n2CCc2c[nH]c3ccc(Cl)cc23)C1. The predicted octanol–water partition coefficient (Wildman–Crippen LogP) is 2.51. The number of halogens is 1. The van der Waals surface area contributed by atoms with Gasteiger partial charge in [-0.2, -0.15) is 0 Å². The van der Waals surface area contributed by atoms with Crippen molar-refractivity contribution in [2.24, 2.45) is 0 Å². The molecule has 1 aromatic carbocycles. The number of aromatic nitrogens is 3. The topological polar surface area (TPSA) is 85.9 Å². The van der Waals surface area contributed by atoms with Gasteiger partial charge in [-0.3, -0.25) is 19.2 Å². The van der Waals surface area contributed by atoms with Gasteiger partial charge in [-0.25, -0.2) is 4.79 Å². The van der Waals surface area contributed by atoms with Crippen LogP contribution in [-0.2, 0) is 19.5 Å². The first-order valence-corrected chi connectivity index (χ1v) is 9.41. The quantitative estimate of drug-likeness (QED) is 0.642. The second-order valence-corrected chi connectivity index (χ2v) is 7.60. The third-order valence-corrected chi connectivity index (χ3v) is 5.41. The first-order valence-electron chi connectivity index (χ1n) is 9.03. The van der Waals surface area contributed by atoms with E-state index in [1.807, 2.05) is 24.4 Å². The number of nitrogens with one attached hydrogen (secondary N) is 3. The average Bonchev–Trinajstić information content (AvgIpc) is 3.03. The normalized spacial score (nSPS) is 14.5. The van der Waals surface area contributed by atoms with Gasteiger partial charge < -0.3 is 10.3 Å². The lowest BCUT2D eigenvalue weighted by atomic mass is 10.1. The maximum Gasteiger partial charge on any atom is 0.329 e. The van der Waals surface area contributed by atoms with E-state index in [0.29, 0.717) is 48.6 Å². The van der Waals surface area contributed by atoms with E-state index in [-0.39, 0.29) is 11.2 Å². The third-order valence-electron chi connectivity index (χ3n) is 5.17. The Balaban J connectivity index is 1.66. The summed E-state index contributed by atoms with van der Waals surface area (Å²) in [5, 5.41) is 4.99. The molecular formula is C19H22ClN5O2. The molecule has 0 amide bonds. The molecule has 3 N–H and O–H groups in total. The van der Waals surface area contributed by atoms with E-state index in [1.54, 1.807) is 4.57 Å². The number of aryl methyl sites for hydroxylation is 1. The molecule has 0 saturated heterocycles. The standard InChI is InChI=1S/C19H22ClN5O2/c1-11(2)24-9-15-17(22-10-24)25(19(27)23-18(15)26)6-5-12-8-21-16-4-3-13(20)7-14(12)16/h3-4,7-8,11,21-22H,5-6,9-10H2,1-2H3,(H,23,26,27). The highest BCUT2D eigenvalue weighted by Crippen LogP contribution is 2.24. The molecule has 7 nitrogen and oxygen atoms in total. The maximum atomic E-state index is 12.4. The smallest absolute Gasteiger partial charge is 0.329 e. The molecule has 3 aromatic rings. The largest absolute Gasteiger partial charge is 0.361 e. The lowest BCUT2D eigenvalue weighted by molar-refractivity contribution is 0.218. The Bertz CT molecular complexity index is 1110. The summed E-state index contributed by atoms with van der Waals surface area (Å²) < 4.78 is 1.62. The van der Waals surface area contributed by atoms with Crippen LogP contribution in [0.1, 0.15) is 25.0 Å². The predicted molar refractivity (Wildman–Crippen MR) is 108 cm³/mol. The number of fused-ring (bicyclic) bond motifs is 2. The van der Waals surface area contributed by atoms with Gasteiger partial charge in [0.15, 0.2) is 0 Å². The van der Waals surface area contributed by atoms with E-state index < -0.39 is 0 Å². The maximum absolute atomic E-state index is 12.4. The number of nitrogens with zero attached hydrogens (tertiary/aromatic N) is 2. The van der Waals surface area contributed by atoms with Gasteiger partial charge in [0.1, 0.15) is 5.82 Å². The molecule has 8 heteroatoms. The molecule has 0 spiro atoms. The molecule has 142 valence electrons. The number of hydrogen-bond donors (Lipinski definition) is 3. The fourth-order valence-electron chi connectivity index (χ4n) is 3.56. The monoisotopic (exact) mass is 387 g/mol. The third kappa shape index (κ3) is 3.28. The Labute approximate surface area is 161 Å². The molecule has 0 unspecified atom stereocenters. The Morgan fingerprint density at radius 1 is 1.26 bits per heavy atom. The van der Waals surface area contributed by atoms with Crippen LogP contribution in [-0.4, -0.2) is 32.1 Å². The number of aromatic amines is 2. The van der Waals surface area contributed by atoms with Crippen molar-refractivity contribution in [3.63, 3.8) is 0 Å². The second kappa shape index (κ2) is 6.90. The fraction of sp³-hybridized carbons (Fsp3) is 0.368. The lowest BCUT2D eigenvalue weighted by Crippen LogP contribution is -2.45. The van der Waals surface area contributed by atoms with Crippen molar-refractivity contribution in [3.8, 4) is 0 Å². The van der Waals surface area contributed by atoms with Gasteiger partial charge >= 0.3 is 5.69 Å². The van der Waals surface area contributed by atoms with Gasteiger partial charge in [-0.05, 0) is 44.0 Å². The number of H-pyrrole nitrogens is 2. The van der Waals surface area contributed by atoms with Crippen molar-refractivity contribution in [2.75, 3.05) is 12.0 Å². The van der Waals surface area contributed by atoms with Crippen molar-refractivity contribution in [1.29, 1.82) is 0 Å². The molecule has 0 radical (unpaired) electrons. The molecule has 0 saturated carbocycles. The van der Waals surface area contributed by atoms with E-state index in [0.717, 1.165) is 16.5 Å². The highest BCUT2D eigenvalue weighted by atomic mass is 35.5. The second-order valence-electron chi connectivity index (χ2n) is 7.17. The van der Waals surface area contributed by atoms with Crippen LogP contribution in [0.4, 0.5) is 5.82 Å². The van der Waals surface area contributed by atoms with E-state index in [9.17, 15) is 9.59 Å². The molecule has 27 heavy (non-hydrogen) atoms. The van der Waals surface area contributed by atoms with Crippen molar-refractivity contribution in [1.82, 2.24) is 19.4 Å². The Hall–Kier alpha value is -2.51. The van der Waals surface area contributed by atoms with Crippen LogP contribution in [0.3, 0.4) is 0 Å². The van der Waals surface area contributed by atoms with Crippen LogP contribution in [0.5, 0.6) is 0 Å². The van der Waals surface area contributed by atoms with Gasteiger partial charge in [-0.15, -0.1) is 0 Å². The molecule has 1 aliphatic heterocycles. The minimum atomic E-state index is -0.387. The average molecular weight is 388 g/mol. The van der Waals surface area contributed by atoms with Crippen molar-refractivity contribution < 1.29 is 0 Å². The highest BCUT2D eigenvalue weighted by molar-refractivity contribution is 6.31. The fourth-order valence-corrected chi connectivity index (χ4v) is 3.74. The summed E-state index contributed by atoms with van der Waals surface area (Å²) in [6.07, 6.45) is 2.59. The van der Waals surface area contributed by atoms with Crippen molar-refractivity contribution >= 4 is 28.3 Å². The van der Waals surface area contributed by atoms with Crippen molar-refractivity contribution in [2.45, 2.75) is 39.4 Å². The summed E-state index contributed by atoms with van der Waals surface area (Å²) in [5.74, 6) is 0.624. The molecule has 4 rings (SSSR count). The van der Waals surface area contributed by atoms with Crippen molar-refractivity contribution in [3.05, 3.63) is 61.4 Å². The summed E-state index contributed by atoms with van der Waals surface area (Å²) in [5.41, 5.74) is 2.00. The van der Waals surface area contributed by atoms with Gasteiger partial charge in [-0.1, -0.05) is 11.6 Å². The van der Waals surface area contributed by atoms with Gasteiger partial charge in [0.25, 0.3) is 5.56 Å². The number of rotatable bonds is 4. The van der Waals surface area contributed by atoms with Gasteiger partial charge in [0.05, 0.1) is 12.2 Å². The Morgan fingerprint density at radius 3 is 2.85 bits per heavy atom. The number of anilines is 1. The van der Waals surface area contributed by atoms with Crippen LogP contribution in [0.15, 0.2) is 34.0 Å². The molecular weight excluding hydrogens is 366 g/mol. The molecule has 3 heterocycles. The first-order chi connectivity index (χ1) is 12.9.